The fourth-order valence-electron chi connectivity index (χ4n) is 1.44. The second-order valence-corrected chi connectivity index (χ2v) is 4.64. The number of unbranched alkanes of at least 4 members (excludes halogenated alkanes) is 2. The molecule has 18 heavy (non-hydrogen) atoms. The molecule has 0 aliphatic rings. The predicted octanol–water partition coefficient (Wildman–Crippen LogP) is 1.19. The van der Waals surface area contributed by atoms with Crippen LogP contribution in [0.3, 0.4) is 0 Å². The highest BCUT2D eigenvalue weighted by molar-refractivity contribution is 6.28. The summed E-state index contributed by atoms with van der Waals surface area (Å²) in [7, 11) is 5.64. The van der Waals surface area contributed by atoms with Crippen LogP contribution in [0.2, 0.25) is 5.28 Å². The summed E-state index contributed by atoms with van der Waals surface area (Å²) in [5.41, 5.74) is 0. The number of hydrogen-bond acceptors (Lipinski definition) is 6. The van der Waals surface area contributed by atoms with Crippen molar-refractivity contribution in [1.82, 2.24) is 15.0 Å². The molecule has 0 saturated heterocycles. The third-order valence-electron chi connectivity index (χ3n) is 2.48. The smallest absolute Gasteiger partial charge is 0.231 e. The summed E-state index contributed by atoms with van der Waals surface area (Å²) in [5, 5.41) is 8.91. The Morgan fingerprint density at radius 2 is 1.67 bits per heavy atom. The van der Waals surface area contributed by atoms with Crippen LogP contribution in [-0.4, -0.2) is 54.4 Å². The third-order valence-corrected chi connectivity index (χ3v) is 2.65. The SMILES string of the molecule is CN(C)c1nc(Cl)nc(N(C)CCCCCO)n1. The molecule has 1 aromatic rings. The number of anilines is 2. The topological polar surface area (TPSA) is 65.4 Å². The van der Waals surface area contributed by atoms with Gasteiger partial charge in [-0.05, 0) is 30.9 Å². The normalized spacial score (nSPS) is 10.5. The van der Waals surface area contributed by atoms with Crippen molar-refractivity contribution in [2.45, 2.75) is 19.3 Å². The second kappa shape index (κ2) is 7.33. The van der Waals surface area contributed by atoms with Crippen LogP contribution in [0.25, 0.3) is 0 Å². The maximum absolute atomic E-state index is 8.71. The number of rotatable bonds is 7. The quantitative estimate of drug-likeness (QED) is 0.753. The van der Waals surface area contributed by atoms with Crippen molar-refractivity contribution >= 4 is 23.5 Å². The molecule has 1 rings (SSSR count). The molecule has 102 valence electrons. The van der Waals surface area contributed by atoms with E-state index >= 15 is 0 Å². The Morgan fingerprint density at radius 1 is 1.00 bits per heavy atom. The van der Waals surface area contributed by atoms with Gasteiger partial charge < -0.3 is 14.9 Å². The molecule has 0 bridgehead atoms. The molecule has 0 unspecified atom stereocenters. The van der Waals surface area contributed by atoms with Crippen molar-refractivity contribution < 1.29 is 5.11 Å². The molecule has 7 heteroatoms. The van der Waals surface area contributed by atoms with E-state index < -0.39 is 0 Å². The lowest BCUT2D eigenvalue weighted by Crippen LogP contribution is -2.23. The van der Waals surface area contributed by atoms with Crippen LogP contribution >= 0.6 is 11.6 Å². The Kier molecular flexibility index (Phi) is 6.07. The summed E-state index contributed by atoms with van der Waals surface area (Å²) in [4.78, 5) is 16.2. The predicted molar refractivity (Wildman–Crippen MR) is 73.4 cm³/mol. The average Bonchev–Trinajstić information content (AvgIpc) is 2.33. The zero-order valence-corrected chi connectivity index (χ0v) is 11.9. The molecule has 0 saturated carbocycles. The van der Waals surface area contributed by atoms with Crippen LogP contribution in [0.4, 0.5) is 11.9 Å². The molecule has 1 N–H and O–H groups in total. The van der Waals surface area contributed by atoms with Gasteiger partial charge in [0.15, 0.2) is 0 Å². The fraction of sp³-hybridized carbons (Fsp3) is 0.727. The minimum Gasteiger partial charge on any atom is -0.396 e. The van der Waals surface area contributed by atoms with E-state index in [9.17, 15) is 0 Å². The summed E-state index contributed by atoms with van der Waals surface area (Å²) in [6.07, 6.45) is 2.80. The van der Waals surface area contributed by atoms with Crippen LogP contribution in [0.1, 0.15) is 19.3 Å². The van der Waals surface area contributed by atoms with E-state index in [2.05, 4.69) is 15.0 Å². The molecule has 0 spiro atoms. The summed E-state index contributed by atoms with van der Waals surface area (Å²) < 4.78 is 0. The van der Waals surface area contributed by atoms with E-state index in [1.807, 2.05) is 26.0 Å². The van der Waals surface area contributed by atoms with Gasteiger partial charge in [0.2, 0.25) is 17.2 Å². The highest BCUT2D eigenvalue weighted by Gasteiger charge is 2.10. The minimum absolute atomic E-state index is 0.200. The Labute approximate surface area is 113 Å². The summed E-state index contributed by atoms with van der Waals surface area (Å²) in [6.45, 7) is 1.07. The zero-order valence-electron chi connectivity index (χ0n) is 11.1. The largest absolute Gasteiger partial charge is 0.396 e. The minimum atomic E-state index is 0.200. The van der Waals surface area contributed by atoms with Gasteiger partial charge in [0.25, 0.3) is 0 Å². The number of aliphatic hydroxyl groups excluding tert-OH is 1. The maximum Gasteiger partial charge on any atom is 0.231 e. The number of hydrogen-bond donors (Lipinski definition) is 1. The van der Waals surface area contributed by atoms with Crippen molar-refractivity contribution in [3.05, 3.63) is 5.28 Å². The van der Waals surface area contributed by atoms with Crippen LogP contribution in [0.15, 0.2) is 0 Å². The molecule has 0 amide bonds. The van der Waals surface area contributed by atoms with Crippen molar-refractivity contribution in [3.63, 3.8) is 0 Å². The number of aliphatic hydroxyl groups is 1. The summed E-state index contributed by atoms with van der Waals surface area (Å²) in [5.74, 6) is 1.12. The highest BCUT2D eigenvalue weighted by atomic mass is 35.5. The van der Waals surface area contributed by atoms with Gasteiger partial charge in [-0.2, -0.15) is 15.0 Å². The average molecular weight is 274 g/mol. The van der Waals surface area contributed by atoms with Crippen LogP contribution in [0, 0.1) is 0 Å². The van der Waals surface area contributed by atoms with E-state index in [1.165, 1.54) is 0 Å². The first kappa shape index (κ1) is 14.9. The summed E-state index contributed by atoms with van der Waals surface area (Å²) >= 11 is 5.87. The molecule has 1 aromatic heterocycles. The van der Waals surface area contributed by atoms with Gasteiger partial charge in [0, 0.05) is 34.3 Å². The lowest BCUT2D eigenvalue weighted by Gasteiger charge is -2.18. The molecule has 0 radical (unpaired) electrons. The van der Waals surface area contributed by atoms with Gasteiger partial charge in [-0.1, -0.05) is 0 Å². The number of aromatic nitrogens is 3. The van der Waals surface area contributed by atoms with Crippen LogP contribution in [0.5, 0.6) is 0 Å². The molecule has 1 heterocycles. The molecule has 0 fully saturated rings. The first-order chi connectivity index (χ1) is 8.54. The molecular formula is C11H20ClN5O. The van der Waals surface area contributed by atoms with Gasteiger partial charge in [-0.3, -0.25) is 0 Å². The van der Waals surface area contributed by atoms with Crippen molar-refractivity contribution in [2.75, 3.05) is 44.1 Å². The number of nitrogens with zero attached hydrogens (tertiary/aromatic N) is 5. The fourth-order valence-corrected chi connectivity index (χ4v) is 1.59. The van der Waals surface area contributed by atoms with E-state index in [0.717, 1.165) is 25.8 Å². The van der Waals surface area contributed by atoms with Gasteiger partial charge in [-0.15, -0.1) is 0 Å². The first-order valence-electron chi connectivity index (χ1n) is 5.95. The van der Waals surface area contributed by atoms with Gasteiger partial charge in [0.1, 0.15) is 0 Å². The van der Waals surface area contributed by atoms with Crippen LogP contribution < -0.4 is 9.80 Å². The second-order valence-electron chi connectivity index (χ2n) is 4.30. The Morgan fingerprint density at radius 3 is 2.28 bits per heavy atom. The molecule has 0 aliphatic heterocycles. The van der Waals surface area contributed by atoms with Crippen molar-refractivity contribution in [1.29, 1.82) is 0 Å². The third kappa shape index (κ3) is 4.62. The molecule has 0 aromatic carbocycles. The van der Waals surface area contributed by atoms with Crippen molar-refractivity contribution in [2.24, 2.45) is 0 Å². The summed E-state index contributed by atoms with van der Waals surface area (Å²) in [6, 6.07) is 0. The Balaban J connectivity index is 2.64. The molecule has 0 aliphatic carbocycles. The van der Waals surface area contributed by atoms with E-state index in [4.69, 9.17) is 16.7 Å². The van der Waals surface area contributed by atoms with E-state index in [-0.39, 0.29) is 11.9 Å². The van der Waals surface area contributed by atoms with Gasteiger partial charge >= 0.3 is 0 Å². The van der Waals surface area contributed by atoms with Gasteiger partial charge in [0.05, 0.1) is 0 Å². The Bertz CT molecular complexity index is 374. The highest BCUT2D eigenvalue weighted by Crippen LogP contribution is 2.14. The lowest BCUT2D eigenvalue weighted by atomic mass is 10.2. The standard InChI is InChI=1S/C11H20ClN5O/c1-16(2)10-13-9(12)14-11(15-10)17(3)7-5-4-6-8-18/h18H,4-8H2,1-3H3. The first-order valence-corrected chi connectivity index (χ1v) is 6.33. The molecule has 6 nitrogen and oxygen atoms in total. The molecular weight excluding hydrogens is 254 g/mol. The van der Waals surface area contributed by atoms with Gasteiger partial charge in [-0.25, -0.2) is 0 Å². The molecule has 0 atom stereocenters. The lowest BCUT2D eigenvalue weighted by molar-refractivity contribution is 0.283. The maximum atomic E-state index is 8.71. The Hall–Kier alpha value is -1.14. The van der Waals surface area contributed by atoms with E-state index in [0.29, 0.717) is 11.9 Å². The van der Waals surface area contributed by atoms with E-state index in [1.54, 1.807) is 4.90 Å². The number of halogens is 1. The van der Waals surface area contributed by atoms with Crippen LogP contribution in [-0.2, 0) is 0 Å². The van der Waals surface area contributed by atoms with Crippen molar-refractivity contribution in [3.8, 4) is 0 Å². The monoisotopic (exact) mass is 273 g/mol. The zero-order chi connectivity index (χ0) is 13.5.